The lowest BCUT2D eigenvalue weighted by molar-refractivity contribution is -0.124. The summed E-state index contributed by atoms with van der Waals surface area (Å²) in [6.45, 7) is 8.98. The molecule has 0 unspecified atom stereocenters. The van der Waals surface area contributed by atoms with Crippen LogP contribution >= 0.6 is 0 Å². The number of esters is 1. The van der Waals surface area contributed by atoms with Crippen LogP contribution in [0, 0.1) is 0 Å². The topological polar surface area (TPSA) is 46.6 Å². The van der Waals surface area contributed by atoms with Crippen molar-refractivity contribution in [1.82, 2.24) is 4.90 Å². The van der Waals surface area contributed by atoms with Gasteiger partial charge in [0.15, 0.2) is 0 Å². The fourth-order valence-corrected chi connectivity index (χ4v) is 1.75. The summed E-state index contributed by atoms with van der Waals surface area (Å²) >= 11 is 0. The minimum atomic E-state index is -0.396. The van der Waals surface area contributed by atoms with Crippen LogP contribution in [0.25, 0.3) is 5.57 Å². The Hall–Kier alpha value is -2.10. The van der Waals surface area contributed by atoms with Gasteiger partial charge < -0.3 is 9.64 Å². The van der Waals surface area contributed by atoms with Crippen LogP contribution in [0.4, 0.5) is 0 Å². The summed E-state index contributed by atoms with van der Waals surface area (Å²) in [6, 6.07) is 6.66. The van der Waals surface area contributed by atoms with Gasteiger partial charge in [-0.05, 0) is 31.5 Å². The van der Waals surface area contributed by atoms with Gasteiger partial charge in [0.1, 0.15) is 0 Å². The number of methoxy groups -OCH3 is 1. The number of carbonyl (C=O) groups excluding carboxylic acids is 2. The molecule has 19 heavy (non-hydrogen) atoms. The molecular formula is C15H19NO3. The lowest BCUT2D eigenvalue weighted by atomic mass is 10.0. The van der Waals surface area contributed by atoms with Gasteiger partial charge >= 0.3 is 5.97 Å². The molecule has 4 nitrogen and oxygen atoms in total. The van der Waals surface area contributed by atoms with Crippen molar-refractivity contribution in [3.63, 3.8) is 0 Å². The fourth-order valence-electron chi connectivity index (χ4n) is 1.75. The number of hydrogen-bond donors (Lipinski definition) is 0. The molecule has 102 valence electrons. The monoisotopic (exact) mass is 261 g/mol. The third-order valence-electron chi connectivity index (χ3n) is 2.96. The summed E-state index contributed by atoms with van der Waals surface area (Å²) in [5.74, 6) is -0.483. The van der Waals surface area contributed by atoms with Crippen LogP contribution in [-0.4, -0.2) is 37.0 Å². The highest BCUT2D eigenvalue weighted by atomic mass is 16.5. The first-order valence-corrected chi connectivity index (χ1v) is 6.22. The van der Waals surface area contributed by atoms with Crippen LogP contribution in [0.15, 0.2) is 30.8 Å². The molecule has 0 saturated carbocycles. The quantitative estimate of drug-likeness (QED) is 0.604. The number of benzene rings is 1. The van der Waals surface area contributed by atoms with E-state index in [2.05, 4.69) is 11.3 Å². The summed E-state index contributed by atoms with van der Waals surface area (Å²) in [5.41, 5.74) is 1.60. The Morgan fingerprint density at radius 1 is 1.11 bits per heavy atom. The zero-order valence-electron chi connectivity index (χ0n) is 11.6. The van der Waals surface area contributed by atoms with E-state index in [0.717, 1.165) is 0 Å². The van der Waals surface area contributed by atoms with E-state index in [1.54, 1.807) is 29.2 Å². The van der Waals surface area contributed by atoms with E-state index < -0.39 is 5.97 Å². The molecule has 0 aliphatic carbocycles. The summed E-state index contributed by atoms with van der Waals surface area (Å²) in [5, 5.41) is 0. The molecule has 0 aliphatic heterocycles. The average molecular weight is 261 g/mol. The molecule has 1 amide bonds. The third kappa shape index (κ3) is 3.44. The van der Waals surface area contributed by atoms with Crippen LogP contribution in [0.1, 0.15) is 29.8 Å². The Labute approximate surface area is 113 Å². The molecule has 0 N–H and O–H groups in total. The molecule has 0 fully saturated rings. The molecule has 0 radical (unpaired) electrons. The van der Waals surface area contributed by atoms with E-state index in [9.17, 15) is 9.59 Å². The van der Waals surface area contributed by atoms with Gasteiger partial charge in [0, 0.05) is 18.7 Å². The minimum absolute atomic E-state index is 0.0872. The Bertz CT molecular complexity index is 473. The molecule has 1 aromatic carbocycles. The average Bonchev–Trinajstić information content (AvgIpc) is 2.47. The van der Waals surface area contributed by atoms with Gasteiger partial charge in [-0.15, -0.1) is 0 Å². The van der Waals surface area contributed by atoms with Crippen molar-refractivity contribution in [2.24, 2.45) is 0 Å². The number of carbonyl (C=O) groups is 2. The molecule has 1 rings (SSSR count). The van der Waals surface area contributed by atoms with E-state index in [4.69, 9.17) is 0 Å². The van der Waals surface area contributed by atoms with E-state index in [1.165, 1.54) is 7.11 Å². The Balaban J connectivity index is 2.89. The predicted molar refractivity (Wildman–Crippen MR) is 74.7 cm³/mol. The predicted octanol–water partition coefficient (Wildman–Crippen LogP) is 2.35. The van der Waals surface area contributed by atoms with Crippen molar-refractivity contribution in [3.05, 3.63) is 42.0 Å². The highest BCUT2D eigenvalue weighted by molar-refractivity contribution is 6.18. The molecule has 0 saturated heterocycles. The number of rotatable bonds is 5. The normalized spacial score (nSPS) is 9.84. The smallest absolute Gasteiger partial charge is 0.337 e. The number of ether oxygens (including phenoxy) is 1. The number of amides is 1. The fraction of sp³-hybridized carbons (Fsp3) is 0.333. The summed E-state index contributed by atoms with van der Waals surface area (Å²) in [6.07, 6.45) is 0. The van der Waals surface area contributed by atoms with Crippen molar-refractivity contribution in [1.29, 1.82) is 0 Å². The Morgan fingerprint density at radius 3 is 2.00 bits per heavy atom. The molecule has 0 aromatic heterocycles. The minimum Gasteiger partial charge on any atom is -0.465 e. The second kappa shape index (κ2) is 6.73. The zero-order chi connectivity index (χ0) is 14.4. The second-order valence-corrected chi connectivity index (χ2v) is 4.02. The lowest BCUT2D eigenvalue weighted by Gasteiger charge is -2.20. The number of hydrogen-bond acceptors (Lipinski definition) is 3. The van der Waals surface area contributed by atoms with E-state index >= 15 is 0 Å². The largest absolute Gasteiger partial charge is 0.465 e. The van der Waals surface area contributed by atoms with Gasteiger partial charge in [0.25, 0.3) is 5.91 Å². The van der Waals surface area contributed by atoms with E-state index in [1.807, 2.05) is 13.8 Å². The maximum Gasteiger partial charge on any atom is 0.337 e. The molecule has 1 aromatic rings. The van der Waals surface area contributed by atoms with Crippen LogP contribution in [-0.2, 0) is 9.53 Å². The van der Waals surface area contributed by atoms with Crippen molar-refractivity contribution in [2.45, 2.75) is 13.8 Å². The first kappa shape index (κ1) is 15.0. The van der Waals surface area contributed by atoms with E-state index in [-0.39, 0.29) is 5.91 Å². The maximum atomic E-state index is 12.1. The molecule has 0 aliphatic rings. The standard InChI is InChI=1S/C15H19NO3/c1-5-16(6-2)14(17)11(3)12-7-9-13(10-8-12)15(18)19-4/h7-10H,3,5-6H2,1-2,4H3. The van der Waals surface area contributed by atoms with Gasteiger partial charge in [-0.3, -0.25) is 4.79 Å². The number of likely N-dealkylation sites (N-methyl/N-ethyl adjacent to an activating group) is 1. The Kier molecular flexibility index (Phi) is 5.30. The van der Waals surface area contributed by atoms with Crippen molar-refractivity contribution < 1.29 is 14.3 Å². The van der Waals surface area contributed by atoms with Crippen molar-refractivity contribution >= 4 is 17.4 Å². The molecular weight excluding hydrogens is 242 g/mol. The van der Waals surface area contributed by atoms with Crippen LogP contribution < -0.4 is 0 Å². The highest BCUT2D eigenvalue weighted by Crippen LogP contribution is 2.16. The first-order chi connectivity index (χ1) is 9.04. The van der Waals surface area contributed by atoms with Gasteiger partial charge in [-0.2, -0.15) is 0 Å². The molecule has 0 heterocycles. The van der Waals surface area contributed by atoms with Crippen LogP contribution in [0.5, 0.6) is 0 Å². The second-order valence-electron chi connectivity index (χ2n) is 4.02. The van der Waals surface area contributed by atoms with Crippen molar-refractivity contribution in [2.75, 3.05) is 20.2 Å². The van der Waals surface area contributed by atoms with Gasteiger partial charge in [-0.25, -0.2) is 4.79 Å². The lowest BCUT2D eigenvalue weighted by Crippen LogP contribution is -2.30. The van der Waals surface area contributed by atoms with Gasteiger partial charge in [0.2, 0.25) is 0 Å². The Morgan fingerprint density at radius 2 is 1.58 bits per heavy atom. The molecule has 0 spiro atoms. The summed E-state index contributed by atoms with van der Waals surface area (Å²) in [7, 11) is 1.33. The summed E-state index contributed by atoms with van der Waals surface area (Å²) < 4.78 is 4.62. The van der Waals surface area contributed by atoms with Gasteiger partial charge in [0.05, 0.1) is 12.7 Å². The molecule has 0 atom stereocenters. The maximum absolute atomic E-state index is 12.1. The molecule has 0 bridgehead atoms. The summed E-state index contributed by atoms with van der Waals surface area (Å²) in [4.78, 5) is 25.1. The third-order valence-corrected chi connectivity index (χ3v) is 2.96. The first-order valence-electron chi connectivity index (χ1n) is 6.22. The molecule has 4 heteroatoms. The number of nitrogens with zero attached hydrogens (tertiary/aromatic N) is 1. The van der Waals surface area contributed by atoms with Gasteiger partial charge in [-0.1, -0.05) is 18.7 Å². The SMILES string of the molecule is C=C(C(=O)N(CC)CC)c1ccc(C(=O)OC)cc1. The van der Waals surface area contributed by atoms with Crippen LogP contribution in [0.2, 0.25) is 0 Å². The van der Waals surface area contributed by atoms with Crippen molar-refractivity contribution in [3.8, 4) is 0 Å². The van der Waals surface area contributed by atoms with E-state index in [0.29, 0.717) is 29.8 Å². The highest BCUT2D eigenvalue weighted by Gasteiger charge is 2.15. The zero-order valence-corrected chi connectivity index (χ0v) is 11.6. The van der Waals surface area contributed by atoms with Crippen LogP contribution in [0.3, 0.4) is 0 Å².